The number of nitrogen functional groups attached to an aromatic ring is 1. The molecular formula is C14H11FN4OS. The van der Waals surface area contributed by atoms with Crippen molar-refractivity contribution >= 4 is 38.8 Å². The molecule has 0 aliphatic rings. The number of nitrogens with two attached hydrogens (primary N) is 1. The highest BCUT2D eigenvalue weighted by molar-refractivity contribution is 7.21. The maximum atomic E-state index is 13.2. The standard InChI is InChI=1S/C14H11FN4OS/c1-7-6-8(2-3-10(7)15)18-13(20)12-11(16)9-4-5-17-19-14(9)21-12/h2-6H,16H2,1H3,(H,18,20). The molecule has 3 N–H and O–H groups in total. The number of aromatic nitrogens is 2. The first-order chi connectivity index (χ1) is 10.1. The van der Waals surface area contributed by atoms with Crippen LogP contribution in [0.1, 0.15) is 15.2 Å². The Morgan fingerprint density at radius 3 is 2.90 bits per heavy atom. The van der Waals surface area contributed by atoms with Crippen LogP contribution in [-0.4, -0.2) is 16.1 Å². The van der Waals surface area contributed by atoms with Crippen molar-refractivity contribution < 1.29 is 9.18 Å². The highest BCUT2D eigenvalue weighted by Gasteiger charge is 2.17. The molecule has 0 saturated heterocycles. The molecule has 7 heteroatoms. The van der Waals surface area contributed by atoms with Gasteiger partial charge in [0, 0.05) is 11.1 Å². The Bertz CT molecular complexity index is 846. The van der Waals surface area contributed by atoms with Gasteiger partial charge in [-0.2, -0.15) is 5.10 Å². The second kappa shape index (κ2) is 5.10. The molecule has 21 heavy (non-hydrogen) atoms. The fourth-order valence-electron chi connectivity index (χ4n) is 1.95. The van der Waals surface area contributed by atoms with Gasteiger partial charge in [-0.05, 0) is 36.8 Å². The third kappa shape index (κ3) is 2.43. The van der Waals surface area contributed by atoms with E-state index < -0.39 is 0 Å². The van der Waals surface area contributed by atoms with Crippen LogP contribution in [-0.2, 0) is 0 Å². The topological polar surface area (TPSA) is 80.9 Å². The average Bonchev–Trinajstić information content (AvgIpc) is 2.81. The first-order valence-electron chi connectivity index (χ1n) is 6.13. The fraction of sp³-hybridized carbons (Fsp3) is 0.0714. The molecule has 2 heterocycles. The SMILES string of the molecule is Cc1cc(NC(=O)c2sc3nnccc3c2N)ccc1F. The number of amides is 1. The van der Waals surface area contributed by atoms with Gasteiger partial charge in [-0.1, -0.05) is 0 Å². The quantitative estimate of drug-likeness (QED) is 0.762. The van der Waals surface area contributed by atoms with E-state index in [1.807, 2.05) is 0 Å². The van der Waals surface area contributed by atoms with Crippen molar-refractivity contribution in [2.75, 3.05) is 11.1 Å². The number of halogens is 1. The minimum Gasteiger partial charge on any atom is -0.397 e. The summed E-state index contributed by atoms with van der Waals surface area (Å²) in [5, 5.41) is 11.1. The molecular weight excluding hydrogens is 291 g/mol. The van der Waals surface area contributed by atoms with Gasteiger partial charge in [0.1, 0.15) is 15.5 Å². The second-order valence-electron chi connectivity index (χ2n) is 4.51. The smallest absolute Gasteiger partial charge is 0.267 e. The zero-order valence-electron chi connectivity index (χ0n) is 11.1. The van der Waals surface area contributed by atoms with Crippen molar-refractivity contribution in [3.63, 3.8) is 0 Å². The van der Waals surface area contributed by atoms with Gasteiger partial charge in [0.05, 0.1) is 11.9 Å². The van der Waals surface area contributed by atoms with Crippen molar-refractivity contribution in [3.05, 3.63) is 46.7 Å². The lowest BCUT2D eigenvalue weighted by atomic mass is 10.2. The molecule has 0 fully saturated rings. The van der Waals surface area contributed by atoms with Crippen LogP contribution >= 0.6 is 11.3 Å². The third-order valence-electron chi connectivity index (χ3n) is 3.04. The van der Waals surface area contributed by atoms with Gasteiger partial charge in [0.2, 0.25) is 0 Å². The van der Waals surface area contributed by atoms with Gasteiger partial charge < -0.3 is 11.1 Å². The van der Waals surface area contributed by atoms with Gasteiger partial charge in [-0.25, -0.2) is 4.39 Å². The van der Waals surface area contributed by atoms with E-state index in [-0.39, 0.29) is 11.7 Å². The molecule has 0 radical (unpaired) electrons. The van der Waals surface area contributed by atoms with E-state index >= 15 is 0 Å². The Kier molecular flexibility index (Phi) is 3.26. The average molecular weight is 302 g/mol. The Morgan fingerprint density at radius 2 is 2.19 bits per heavy atom. The van der Waals surface area contributed by atoms with Gasteiger partial charge >= 0.3 is 0 Å². The molecule has 2 aromatic heterocycles. The van der Waals surface area contributed by atoms with Crippen molar-refractivity contribution in [1.29, 1.82) is 0 Å². The molecule has 106 valence electrons. The van der Waals surface area contributed by atoms with Crippen LogP contribution in [0.3, 0.4) is 0 Å². The van der Waals surface area contributed by atoms with Gasteiger partial charge in [-0.15, -0.1) is 16.4 Å². The zero-order chi connectivity index (χ0) is 15.0. The number of fused-ring (bicyclic) bond motifs is 1. The molecule has 5 nitrogen and oxygen atoms in total. The van der Waals surface area contributed by atoms with Gasteiger partial charge in [0.15, 0.2) is 0 Å². The lowest BCUT2D eigenvalue weighted by Gasteiger charge is -2.05. The van der Waals surface area contributed by atoms with Crippen LogP contribution in [0.2, 0.25) is 0 Å². The number of aryl methyl sites for hydroxylation is 1. The van der Waals surface area contributed by atoms with E-state index in [2.05, 4.69) is 15.5 Å². The normalized spacial score (nSPS) is 10.8. The maximum absolute atomic E-state index is 13.2. The second-order valence-corrected chi connectivity index (χ2v) is 5.51. The maximum Gasteiger partial charge on any atom is 0.267 e. The van der Waals surface area contributed by atoms with Crippen LogP contribution in [0.15, 0.2) is 30.5 Å². The summed E-state index contributed by atoms with van der Waals surface area (Å²) in [5.74, 6) is -0.661. The Labute approximate surface area is 123 Å². The molecule has 3 aromatic rings. The number of rotatable bonds is 2. The van der Waals surface area contributed by atoms with E-state index in [9.17, 15) is 9.18 Å². The summed E-state index contributed by atoms with van der Waals surface area (Å²) in [6, 6.07) is 6.10. The van der Waals surface area contributed by atoms with Crippen molar-refractivity contribution in [2.24, 2.45) is 0 Å². The zero-order valence-corrected chi connectivity index (χ0v) is 11.9. The Morgan fingerprint density at radius 1 is 1.38 bits per heavy atom. The summed E-state index contributed by atoms with van der Waals surface area (Å²) in [7, 11) is 0. The monoisotopic (exact) mass is 302 g/mol. The minimum absolute atomic E-state index is 0.315. The third-order valence-corrected chi connectivity index (χ3v) is 4.15. The van der Waals surface area contributed by atoms with Crippen LogP contribution in [0.4, 0.5) is 15.8 Å². The summed E-state index contributed by atoms with van der Waals surface area (Å²) < 4.78 is 13.2. The summed E-state index contributed by atoms with van der Waals surface area (Å²) in [5.41, 5.74) is 7.32. The van der Waals surface area contributed by atoms with Crippen molar-refractivity contribution in [3.8, 4) is 0 Å². The van der Waals surface area contributed by atoms with Crippen LogP contribution in [0.5, 0.6) is 0 Å². The first kappa shape index (κ1) is 13.4. The molecule has 1 aromatic carbocycles. The molecule has 0 spiro atoms. The molecule has 1 amide bonds. The molecule has 0 bridgehead atoms. The van der Waals surface area contributed by atoms with E-state index in [4.69, 9.17) is 5.73 Å². The predicted octanol–water partition coefficient (Wildman–Crippen LogP) is 2.97. The van der Waals surface area contributed by atoms with Crippen LogP contribution in [0, 0.1) is 12.7 Å². The Hall–Kier alpha value is -2.54. The first-order valence-corrected chi connectivity index (χ1v) is 6.95. The lowest BCUT2D eigenvalue weighted by Crippen LogP contribution is -2.12. The fourth-order valence-corrected chi connectivity index (χ4v) is 2.89. The predicted molar refractivity (Wildman–Crippen MR) is 80.9 cm³/mol. The largest absolute Gasteiger partial charge is 0.397 e. The number of hydrogen-bond donors (Lipinski definition) is 2. The number of thiophene rings is 1. The van der Waals surface area contributed by atoms with Gasteiger partial charge in [0.25, 0.3) is 5.91 Å². The van der Waals surface area contributed by atoms with E-state index in [1.54, 1.807) is 19.1 Å². The summed E-state index contributed by atoms with van der Waals surface area (Å²) in [4.78, 5) is 13.3. The van der Waals surface area contributed by atoms with Crippen LogP contribution < -0.4 is 11.1 Å². The number of hydrogen-bond acceptors (Lipinski definition) is 5. The molecule has 3 rings (SSSR count). The summed E-state index contributed by atoms with van der Waals surface area (Å²) >= 11 is 1.17. The lowest BCUT2D eigenvalue weighted by molar-refractivity contribution is 0.103. The van der Waals surface area contributed by atoms with E-state index in [1.165, 1.54) is 29.7 Å². The van der Waals surface area contributed by atoms with Gasteiger partial charge in [-0.3, -0.25) is 4.79 Å². The summed E-state index contributed by atoms with van der Waals surface area (Å²) in [6.07, 6.45) is 1.52. The number of carbonyl (C=O) groups is 1. The molecule has 0 aliphatic carbocycles. The van der Waals surface area contributed by atoms with E-state index in [0.717, 1.165) is 0 Å². The van der Waals surface area contributed by atoms with Crippen molar-refractivity contribution in [2.45, 2.75) is 6.92 Å². The number of nitrogens with one attached hydrogen (secondary N) is 1. The van der Waals surface area contributed by atoms with E-state index in [0.29, 0.717) is 32.0 Å². The number of anilines is 2. The number of carbonyl (C=O) groups excluding carboxylic acids is 1. The van der Waals surface area contributed by atoms with Crippen LogP contribution in [0.25, 0.3) is 10.2 Å². The number of benzene rings is 1. The Balaban J connectivity index is 1.93. The molecule has 0 aliphatic heterocycles. The molecule has 0 unspecified atom stereocenters. The molecule has 0 atom stereocenters. The molecule has 0 saturated carbocycles. The summed E-state index contributed by atoms with van der Waals surface area (Å²) in [6.45, 7) is 1.63. The highest BCUT2D eigenvalue weighted by Crippen LogP contribution is 2.32. The minimum atomic E-state index is -0.346. The highest BCUT2D eigenvalue weighted by atomic mass is 32.1. The van der Waals surface area contributed by atoms with Crippen molar-refractivity contribution in [1.82, 2.24) is 10.2 Å². The number of nitrogens with zero attached hydrogens (tertiary/aromatic N) is 2.